The number of amides is 1. The molecule has 0 aliphatic carbocycles. The molecule has 0 spiro atoms. The Morgan fingerprint density at radius 3 is 2.78 bits per heavy atom. The first-order valence-electron chi connectivity index (χ1n) is 9.26. The van der Waals surface area contributed by atoms with Gasteiger partial charge in [0.2, 0.25) is 0 Å². The van der Waals surface area contributed by atoms with Crippen molar-refractivity contribution < 1.29 is 9.53 Å². The fraction of sp³-hybridized carbons (Fsp3) is 0.400. The van der Waals surface area contributed by atoms with Gasteiger partial charge in [-0.1, -0.05) is 0 Å². The number of pyridine rings is 2. The molecule has 1 amide bonds. The monoisotopic (exact) mass is 363 g/mol. The van der Waals surface area contributed by atoms with Crippen LogP contribution >= 0.6 is 0 Å². The molecule has 0 saturated carbocycles. The van der Waals surface area contributed by atoms with E-state index in [4.69, 9.17) is 10.00 Å². The molecule has 7 heteroatoms. The summed E-state index contributed by atoms with van der Waals surface area (Å²) in [6.45, 7) is 3.17. The molecule has 1 atom stereocenters. The Balaban J connectivity index is 1.41. The van der Waals surface area contributed by atoms with Gasteiger partial charge in [-0.2, -0.15) is 5.26 Å². The minimum Gasteiger partial charge on any atom is -0.485 e. The number of aromatic nitrogens is 2. The molecule has 0 bridgehead atoms. The third-order valence-electron chi connectivity index (χ3n) is 4.99. The Kier molecular flexibility index (Phi) is 4.88. The first-order valence-corrected chi connectivity index (χ1v) is 9.26. The lowest BCUT2D eigenvalue weighted by Crippen LogP contribution is -2.31. The number of nitrogens with zero attached hydrogens (tertiary/aromatic N) is 5. The highest BCUT2D eigenvalue weighted by Gasteiger charge is 2.30. The van der Waals surface area contributed by atoms with E-state index in [1.54, 1.807) is 23.2 Å². The SMILES string of the molecule is N#Cc1ccc(C(=O)N2CCC(Oc3cccnc3N3CCCC3)C2)nc1. The molecule has 2 saturated heterocycles. The molecule has 0 radical (unpaired) electrons. The molecule has 7 nitrogen and oxygen atoms in total. The number of nitriles is 1. The second-order valence-electron chi connectivity index (χ2n) is 6.84. The molecule has 2 aromatic rings. The van der Waals surface area contributed by atoms with E-state index in [-0.39, 0.29) is 12.0 Å². The van der Waals surface area contributed by atoms with E-state index in [0.717, 1.165) is 31.1 Å². The maximum atomic E-state index is 12.6. The topological polar surface area (TPSA) is 82.3 Å². The van der Waals surface area contributed by atoms with Gasteiger partial charge in [0.1, 0.15) is 17.9 Å². The van der Waals surface area contributed by atoms with Gasteiger partial charge in [0, 0.05) is 38.4 Å². The molecule has 2 aliphatic heterocycles. The number of rotatable bonds is 4. The van der Waals surface area contributed by atoms with Crippen LogP contribution in [0.15, 0.2) is 36.7 Å². The smallest absolute Gasteiger partial charge is 0.272 e. The number of hydrogen-bond acceptors (Lipinski definition) is 6. The van der Waals surface area contributed by atoms with E-state index < -0.39 is 0 Å². The van der Waals surface area contributed by atoms with Crippen LogP contribution in [0.1, 0.15) is 35.3 Å². The summed E-state index contributed by atoms with van der Waals surface area (Å²) in [6, 6.07) is 9.05. The Labute approximate surface area is 158 Å². The molecule has 4 heterocycles. The number of carbonyl (C=O) groups is 1. The second-order valence-corrected chi connectivity index (χ2v) is 6.84. The number of likely N-dealkylation sites (tertiary alicyclic amines) is 1. The molecule has 2 aliphatic rings. The minimum atomic E-state index is -0.128. The Hall–Kier alpha value is -3.14. The van der Waals surface area contributed by atoms with Gasteiger partial charge in [-0.3, -0.25) is 4.79 Å². The number of anilines is 1. The van der Waals surface area contributed by atoms with Crippen LogP contribution in [0.2, 0.25) is 0 Å². The maximum absolute atomic E-state index is 12.6. The largest absolute Gasteiger partial charge is 0.485 e. The average Bonchev–Trinajstić information content (AvgIpc) is 3.40. The third kappa shape index (κ3) is 3.70. The van der Waals surface area contributed by atoms with Crippen molar-refractivity contribution in [3.8, 4) is 11.8 Å². The molecule has 2 fully saturated rings. The number of ether oxygens (including phenoxy) is 1. The highest BCUT2D eigenvalue weighted by atomic mass is 16.5. The molecule has 0 aromatic carbocycles. The summed E-state index contributed by atoms with van der Waals surface area (Å²) in [5.41, 5.74) is 0.800. The van der Waals surface area contributed by atoms with Crippen molar-refractivity contribution >= 4 is 11.7 Å². The zero-order valence-corrected chi connectivity index (χ0v) is 15.0. The zero-order valence-electron chi connectivity index (χ0n) is 15.0. The Morgan fingerprint density at radius 1 is 1.19 bits per heavy atom. The molecule has 1 unspecified atom stereocenters. The summed E-state index contributed by atoms with van der Waals surface area (Å²) in [5.74, 6) is 1.56. The highest BCUT2D eigenvalue weighted by molar-refractivity contribution is 5.92. The molecule has 138 valence electrons. The number of hydrogen-bond donors (Lipinski definition) is 0. The van der Waals surface area contributed by atoms with Crippen molar-refractivity contribution in [3.63, 3.8) is 0 Å². The molecule has 4 rings (SSSR count). The van der Waals surface area contributed by atoms with E-state index in [9.17, 15) is 4.79 Å². The standard InChI is InChI=1S/C20H21N5O2/c21-12-15-5-6-17(23-13-15)20(26)25-11-7-16(14-25)27-18-4-3-8-22-19(18)24-9-1-2-10-24/h3-6,8,13,16H,1-2,7,9-11,14H2. The summed E-state index contributed by atoms with van der Waals surface area (Å²) >= 11 is 0. The quantitative estimate of drug-likeness (QED) is 0.829. The summed E-state index contributed by atoms with van der Waals surface area (Å²) in [4.78, 5) is 25.2. The van der Waals surface area contributed by atoms with E-state index in [1.165, 1.54) is 19.0 Å². The van der Waals surface area contributed by atoms with Crippen LogP contribution in [0.4, 0.5) is 5.82 Å². The fourth-order valence-electron chi connectivity index (χ4n) is 3.58. The fourth-order valence-corrected chi connectivity index (χ4v) is 3.58. The predicted octanol–water partition coefficient (Wildman–Crippen LogP) is 2.24. The van der Waals surface area contributed by atoms with E-state index in [2.05, 4.69) is 14.9 Å². The van der Waals surface area contributed by atoms with Gasteiger partial charge >= 0.3 is 0 Å². The van der Waals surface area contributed by atoms with Crippen LogP contribution < -0.4 is 9.64 Å². The van der Waals surface area contributed by atoms with Crippen LogP contribution in [-0.4, -0.2) is 53.1 Å². The van der Waals surface area contributed by atoms with Crippen LogP contribution in [0, 0.1) is 11.3 Å². The van der Waals surface area contributed by atoms with Gasteiger partial charge in [0.15, 0.2) is 11.6 Å². The van der Waals surface area contributed by atoms with Crippen molar-refractivity contribution in [3.05, 3.63) is 47.9 Å². The normalized spacial score (nSPS) is 19.1. The summed E-state index contributed by atoms with van der Waals surface area (Å²) in [7, 11) is 0. The second kappa shape index (κ2) is 7.62. The zero-order chi connectivity index (χ0) is 18.6. The maximum Gasteiger partial charge on any atom is 0.272 e. The molecule has 27 heavy (non-hydrogen) atoms. The lowest BCUT2D eigenvalue weighted by atomic mass is 10.2. The van der Waals surface area contributed by atoms with Crippen LogP contribution in [0.5, 0.6) is 5.75 Å². The van der Waals surface area contributed by atoms with Crippen molar-refractivity contribution in [1.29, 1.82) is 5.26 Å². The highest BCUT2D eigenvalue weighted by Crippen LogP contribution is 2.30. The van der Waals surface area contributed by atoms with Crippen molar-refractivity contribution in [2.24, 2.45) is 0 Å². The predicted molar refractivity (Wildman–Crippen MR) is 99.6 cm³/mol. The summed E-state index contributed by atoms with van der Waals surface area (Å²) in [6.07, 6.45) is 6.30. The van der Waals surface area contributed by atoms with Crippen LogP contribution in [0.3, 0.4) is 0 Å². The van der Waals surface area contributed by atoms with Gasteiger partial charge in [-0.05, 0) is 37.1 Å². The first-order chi connectivity index (χ1) is 13.2. The molecule has 2 aromatic heterocycles. The van der Waals surface area contributed by atoms with Crippen LogP contribution in [0.25, 0.3) is 0 Å². The van der Waals surface area contributed by atoms with Gasteiger partial charge in [-0.25, -0.2) is 9.97 Å². The van der Waals surface area contributed by atoms with Gasteiger partial charge in [0.25, 0.3) is 5.91 Å². The van der Waals surface area contributed by atoms with Crippen molar-refractivity contribution in [2.45, 2.75) is 25.4 Å². The van der Waals surface area contributed by atoms with Gasteiger partial charge < -0.3 is 14.5 Å². The third-order valence-corrected chi connectivity index (χ3v) is 4.99. The Bertz CT molecular complexity index is 855. The molecule has 0 N–H and O–H groups in total. The average molecular weight is 363 g/mol. The van der Waals surface area contributed by atoms with Crippen molar-refractivity contribution in [1.82, 2.24) is 14.9 Å². The van der Waals surface area contributed by atoms with Gasteiger partial charge in [0.05, 0.1) is 12.1 Å². The Morgan fingerprint density at radius 2 is 2.04 bits per heavy atom. The summed E-state index contributed by atoms with van der Waals surface area (Å²) < 4.78 is 6.21. The minimum absolute atomic E-state index is 0.0575. The molecular formula is C20H21N5O2. The lowest BCUT2D eigenvalue weighted by Gasteiger charge is -2.22. The van der Waals surface area contributed by atoms with Gasteiger partial charge in [-0.15, -0.1) is 0 Å². The number of carbonyl (C=O) groups excluding carboxylic acids is 1. The molecular weight excluding hydrogens is 342 g/mol. The van der Waals surface area contributed by atoms with Crippen molar-refractivity contribution in [2.75, 3.05) is 31.1 Å². The van der Waals surface area contributed by atoms with Crippen LogP contribution in [-0.2, 0) is 0 Å². The van der Waals surface area contributed by atoms with E-state index in [0.29, 0.717) is 24.3 Å². The summed E-state index contributed by atoms with van der Waals surface area (Å²) in [5, 5.41) is 8.84. The van der Waals surface area contributed by atoms with E-state index >= 15 is 0 Å². The van der Waals surface area contributed by atoms with E-state index in [1.807, 2.05) is 18.2 Å². The first kappa shape index (κ1) is 17.3. The lowest BCUT2D eigenvalue weighted by molar-refractivity contribution is 0.0766.